The van der Waals surface area contributed by atoms with E-state index in [1.807, 2.05) is 6.07 Å². The molecule has 0 aromatic heterocycles. The van der Waals surface area contributed by atoms with Crippen LogP contribution in [0.25, 0.3) is 0 Å². The van der Waals surface area contributed by atoms with Gasteiger partial charge in [-0.15, -0.1) is 0 Å². The lowest BCUT2D eigenvalue weighted by molar-refractivity contribution is -0.122. The van der Waals surface area contributed by atoms with Gasteiger partial charge in [-0.3, -0.25) is 4.79 Å². The van der Waals surface area contributed by atoms with E-state index in [4.69, 9.17) is 5.26 Å². The normalized spacial score (nSPS) is 39.4. The summed E-state index contributed by atoms with van der Waals surface area (Å²) in [6.45, 7) is 0. The Morgan fingerprint density at radius 3 is 2.55 bits per heavy atom. The molecule has 2 aliphatic rings. The molecule has 0 aliphatic heterocycles. The second kappa shape index (κ2) is 2.34. The van der Waals surface area contributed by atoms with Gasteiger partial charge in [0.15, 0.2) is 0 Å². The molecule has 2 nitrogen and oxygen atoms in total. The highest BCUT2D eigenvalue weighted by molar-refractivity contribution is 5.83. The van der Waals surface area contributed by atoms with Crippen LogP contribution in [-0.2, 0) is 4.79 Å². The van der Waals surface area contributed by atoms with Crippen LogP contribution in [0, 0.1) is 29.1 Å². The van der Waals surface area contributed by atoms with Crippen molar-refractivity contribution in [3.63, 3.8) is 0 Å². The largest absolute Gasteiger partial charge is 0.298 e. The molecule has 2 fully saturated rings. The molecule has 2 saturated carbocycles. The van der Waals surface area contributed by atoms with Gasteiger partial charge in [0.25, 0.3) is 0 Å². The smallest absolute Gasteiger partial charge is 0.149 e. The fourth-order valence-electron chi connectivity index (χ4n) is 2.20. The molecule has 0 N–H and O–H groups in total. The van der Waals surface area contributed by atoms with Gasteiger partial charge in [0.05, 0.1) is 12.5 Å². The van der Waals surface area contributed by atoms with Gasteiger partial charge in [-0.05, 0) is 31.1 Å². The van der Waals surface area contributed by atoms with E-state index in [2.05, 4.69) is 0 Å². The third-order valence-electron chi connectivity index (χ3n) is 2.95. The molecule has 0 spiro atoms. The highest BCUT2D eigenvalue weighted by Gasteiger charge is 2.47. The van der Waals surface area contributed by atoms with E-state index in [1.54, 1.807) is 0 Å². The Balaban J connectivity index is 1.88. The summed E-state index contributed by atoms with van der Waals surface area (Å²) in [6, 6.07) is 1.92. The monoisotopic (exact) mass is 149 g/mol. The molecule has 0 amide bonds. The minimum absolute atomic E-state index is 0.129. The van der Waals surface area contributed by atoms with Gasteiger partial charge in [0.1, 0.15) is 5.78 Å². The highest BCUT2D eigenvalue weighted by Crippen LogP contribution is 2.54. The first kappa shape index (κ1) is 6.84. The molecule has 0 saturated heterocycles. The number of carbonyl (C=O) groups is 1. The molecule has 2 atom stereocenters. The van der Waals surface area contributed by atoms with Gasteiger partial charge in [-0.2, -0.15) is 5.26 Å². The molecule has 2 rings (SSSR count). The predicted molar refractivity (Wildman–Crippen MR) is 39.6 cm³/mol. The number of rotatable bonds is 2. The number of fused-ring (bicyclic) bond motifs is 1. The number of Topliss-reactive ketones (excluding diaryl/α,β-unsaturated/α-hetero) is 1. The fraction of sp³-hybridized carbons (Fsp3) is 0.778. The summed E-state index contributed by atoms with van der Waals surface area (Å²) in [5.41, 5.74) is 0. The highest BCUT2D eigenvalue weighted by atomic mass is 16.1. The van der Waals surface area contributed by atoms with E-state index < -0.39 is 0 Å². The third kappa shape index (κ3) is 1.16. The van der Waals surface area contributed by atoms with Crippen LogP contribution in [0.5, 0.6) is 0 Å². The number of carbonyl (C=O) groups excluding carboxylic acids is 1. The molecular formula is C9H11NO. The van der Waals surface area contributed by atoms with Crippen LogP contribution in [0.3, 0.4) is 0 Å². The van der Waals surface area contributed by atoms with Gasteiger partial charge in [-0.1, -0.05) is 0 Å². The van der Waals surface area contributed by atoms with Gasteiger partial charge in [0, 0.05) is 5.92 Å². The maximum absolute atomic E-state index is 11.2. The lowest BCUT2D eigenvalue weighted by atomic mass is 9.97. The van der Waals surface area contributed by atoms with Crippen LogP contribution in [-0.4, -0.2) is 5.78 Å². The van der Waals surface area contributed by atoms with Crippen molar-refractivity contribution < 1.29 is 4.79 Å². The van der Waals surface area contributed by atoms with Gasteiger partial charge in [0.2, 0.25) is 0 Å². The first-order chi connectivity index (χ1) is 5.31. The Hall–Kier alpha value is -0.840. The molecule has 58 valence electrons. The summed E-state index contributed by atoms with van der Waals surface area (Å²) in [6.07, 6.45) is 3.62. The molecule has 11 heavy (non-hydrogen) atoms. The number of nitrogens with zero attached hydrogens (tertiary/aromatic N) is 1. The van der Waals surface area contributed by atoms with Gasteiger partial charge in [-0.25, -0.2) is 0 Å². The number of hydrogen-bond acceptors (Lipinski definition) is 2. The Kier molecular flexibility index (Phi) is 1.45. The molecule has 2 aliphatic carbocycles. The second-order valence-electron chi connectivity index (χ2n) is 3.73. The molecule has 0 aromatic rings. The Morgan fingerprint density at radius 1 is 1.36 bits per heavy atom. The van der Waals surface area contributed by atoms with Crippen molar-refractivity contribution in [2.24, 2.45) is 17.8 Å². The predicted octanol–water partition coefficient (Wildman–Crippen LogP) is 1.52. The van der Waals surface area contributed by atoms with E-state index in [9.17, 15) is 4.79 Å². The van der Waals surface area contributed by atoms with Gasteiger partial charge < -0.3 is 0 Å². The van der Waals surface area contributed by atoms with Crippen LogP contribution < -0.4 is 0 Å². The van der Waals surface area contributed by atoms with Crippen LogP contribution in [0.15, 0.2) is 0 Å². The van der Waals surface area contributed by atoms with E-state index in [-0.39, 0.29) is 18.1 Å². The fourth-order valence-corrected chi connectivity index (χ4v) is 2.20. The second-order valence-corrected chi connectivity index (χ2v) is 3.73. The average molecular weight is 149 g/mol. The molecule has 2 heteroatoms. The SMILES string of the molecule is N#CCC(=O)C1CC2CC2C1. The number of nitriles is 1. The standard InChI is InChI=1S/C9H11NO/c10-2-1-9(11)8-4-6-3-7(6)5-8/h6-8H,1,3-5H2. The van der Waals surface area contributed by atoms with Crippen molar-refractivity contribution in [2.75, 3.05) is 0 Å². The minimum Gasteiger partial charge on any atom is -0.298 e. The molecule has 2 unspecified atom stereocenters. The van der Waals surface area contributed by atoms with Crippen LogP contribution in [0.2, 0.25) is 0 Å². The zero-order valence-corrected chi connectivity index (χ0v) is 6.42. The third-order valence-corrected chi connectivity index (χ3v) is 2.95. The Bertz CT molecular complexity index is 218. The summed E-state index contributed by atoms with van der Waals surface area (Å²) in [4.78, 5) is 11.2. The topological polar surface area (TPSA) is 40.9 Å². The van der Waals surface area contributed by atoms with Crippen LogP contribution in [0.4, 0.5) is 0 Å². The van der Waals surface area contributed by atoms with Crippen molar-refractivity contribution in [1.82, 2.24) is 0 Å². The Labute approximate surface area is 66.2 Å². The lowest BCUT2D eigenvalue weighted by Crippen LogP contribution is -2.11. The maximum atomic E-state index is 11.2. The molecule has 0 bridgehead atoms. The first-order valence-corrected chi connectivity index (χ1v) is 4.21. The van der Waals surface area contributed by atoms with E-state index >= 15 is 0 Å². The summed E-state index contributed by atoms with van der Waals surface area (Å²) >= 11 is 0. The Morgan fingerprint density at radius 2 is 2.00 bits per heavy atom. The minimum atomic E-state index is 0.129. The summed E-state index contributed by atoms with van der Waals surface area (Å²) < 4.78 is 0. The molecule has 0 radical (unpaired) electrons. The van der Waals surface area contributed by atoms with Crippen LogP contribution >= 0.6 is 0 Å². The van der Waals surface area contributed by atoms with Crippen molar-refractivity contribution in [2.45, 2.75) is 25.7 Å². The van der Waals surface area contributed by atoms with Gasteiger partial charge >= 0.3 is 0 Å². The summed E-state index contributed by atoms with van der Waals surface area (Å²) in [7, 11) is 0. The average Bonchev–Trinajstić information content (AvgIpc) is 2.59. The summed E-state index contributed by atoms with van der Waals surface area (Å²) in [5, 5.41) is 8.30. The molecule has 0 heterocycles. The molecular weight excluding hydrogens is 138 g/mol. The van der Waals surface area contributed by atoms with E-state index in [0.29, 0.717) is 0 Å². The van der Waals surface area contributed by atoms with Crippen molar-refractivity contribution in [3.8, 4) is 6.07 Å². The van der Waals surface area contributed by atoms with E-state index in [1.165, 1.54) is 6.42 Å². The number of ketones is 1. The maximum Gasteiger partial charge on any atom is 0.149 e. The quantitative estimate of drug-likeness (QED) is 0.597. The van der Waals surface area contributed by atoms with Crippen molar-refractivity contribution in [1.29, 1.82) is 5.26 Å². The zero-order valence-electron chi connectivity index (χ0n) is 6.42. The lowest BCUT2D eigenvalue weighted by Gasteiger charge is -2.06. The van der Waals surface area contributed by atoms with Crippen molar-refractivity contribution in [3.05, 3.63) is 0 Å². The molecule has 0 aromatic carbocycles. The van der Waals surface area contributed by atoms with Crippen LogP contribution in [0.1, 0.15) is 25.7 Å². The van der Waals surface area contributed by atoms with E-state index in [0.717, 1.165) is 24.7 Å². The number of hydrogen-bond donors (Lipinski definition) is 0. The zero-order chi connectivity index (χ0) is 7.84. The first-order valence-electron chi connectivity index (χ1n) is 4.21. The van der Waals surface area contributed by atoms with Crippen molar-refractivity contribution >= 4 is 5.78 Å². The summed E-state index contributed by atoms with van der Waals surface area (Å²) in [5.74, 6) is 2.13.